The van der Waals surface area contributed by atoms with Crippen molar-refractivity contribution in [1.82, 2.24) is 4.90 Å². The molecule has 4 rings (SSSR count). The Balaban J connectivity index is 1.86. The van der Waals surface area contributed by atoms with E-state index in [4.69, 9.17) is 14.2 Å². The Morgan fingerprint density at radius 1 is 0.949 bits per heavy atom. The monoisotopic (exact) mass is 529 g/mol. The van der Waals surface area contributed by atoms with Crippen molar-refractivity contribution in [3.05, 3.63) is 94.1 Å². The van der Waals surface area contributed by atoms with Crippen LogP contribution >= 0.6 is 0 Å². The summed E-state index contributed by atoms with van der Waals surface area (Å²) in [6, 6.07) is 17.5. The van der Waals surface area contributed by atoms with Gasteiger partial charge in [-0.3, -0.25) is 9.59 Å². The first kappa shape index (κ1) is 27.8. The molecule has 39 heavy (non-hydrogen) atoms. The summed E-state index contributed by atoms with van der Waals surface area (Å²) in [6.45, 7) is 8.56. The van der Waals surface area contributed by atoms with Crippen LogP contribution in [0.3, 0.4) is 0 Å². The number of carbonyl (C=O) groups excluding carboxylic acids is 2. The zero-order valence-electron chi connectivity index (χ0n) is 23.3. The summed E-state index contributed by atoms with van der Waals surface area (Å²) in [5, 5.41) is 11.7. The number of ether oxygens (including phenoxy) is 3. The Kier molecular flexibility index (Phi) is 8.29. The van der Waals surface area contributed by atoms with Crippen LogP contribution in [0.25, 0.3) is 5.76 Å². The summed E-state index contributed by atoms with van der Waals surface area (Å²) >= 11 is 0. The SMILES string of the molecule is CCOc1ccc(CN2C(=O)C(=O)/C(=C(/O)c3cc(C(C)C)c(OC)cc3C)C2c2ccc(OC)cc2)cc1. The predicted octanol–water partition coefficient (Wildman–Crippen LogP) is 6.16. The second kappa shape index (κ2) is 11.6. The normalized spacial score (nSPS) is 16.6. The van der Waals surface area contributed by atoms with E-state index in [9.17, 15) is 14.7 Å². The van der Waals surface area contributed by atoms with Crippen LogP contribution in [0, 0.1) is 6.92 Å². The van der Waals surface area contributed by atoms with Crippen molar-refractivity contribution < 1.29 is 28.9 Å². The van der Waals surface area contributed by atoms with E-state index in [1.54, 1.807) is 26.4 Å². The molecule has 7 heteroatoms. The number of methoxy groups -OCH3 is 2. The van der Waals surface area contributed by atoms with Crippen LogP contribution in [-0.2, 0) is 16.1 Å². The summed E-state index contributed by atoms with van der Waals surface area (Å²) in [5.41, 5.74) is 3.71. The maximum atomic E-state index is 13.5. The van der Waals surface area contributed by atoms with E-state index in [0.29, 0.717) is 29.2 Å². The summed E-state index contributed by atoms with van der Waals surface area (Å²) in [6.07, 6.45) is 0. The molecule has 0 aliphatic carbocycles. The first-order valence-electron chi connectivity index (χ1n) is 13.0. The maximum absolute atomic E-state index is 13.5. The van der Waals surface area contributed by atoms with Crippen LogP contribution in [0.5, 0.6) is 17.2 Å². The number of carbonyl (C=O) groups is 2. The zero-order chi connectivity index (χ0) is 28.3. The smallest absolute Gasteiger partial charge is 0.295 e. The summed E-state index contributed by atoms with van der Waals surface area (Å²) in [7, 11) is 3.18. The van der Waals surface area contributed by atoms with E-state index in [-0.39, 0.29) is 23.8 Å². The molecule has 1 aliphatic heterocycles. The van der Waals surface area contributed by atoms with Crippen LogP contribution in [0.4, 0.5) is 0 Å². The Bertz CT molecular complexity index is 1390. The molecule has 0 radical (unpaired) electrons. The van der Waals surface area contributed by atoms with Gasteiger partial charge in [0.05, 0.1) is 32.4 Å². The minimum atomic E-state index is -0.786. The molecule has 3 aromatic rings. The highest BCUT2D eigenvalue weighted by Crippen LogP contribution is 2.42. The first-order chi connectivity index (χ1) is 18.7. The van der Waals surface area contributed by atoms with Gasteiger partial charge in [0.1, 0.15) is 23.0 Å². The number of benzene rings is 3. The van der Waals surface area contributed by atoms with Crippen molar-refractivity contribution in [1.29, 1.82) is 0 Å². The quantitative estimate of drug-likeness (QED) is 0.203. The number of aryl methyl sites for hydroxylation is 1. The van der Waals surface area contributed by atoms with Gasteiger partial charge in [0.25, 0.3) is 11.7 Å². The number of nitrogens with zero attached hydrogens (tertiary/aromatic N) is 1. The molecule has 1 N–H and O–H groups in total. The van der Waals surface area contributed by atoms with E-state index in [1.165, 1.54) is 4.90 Å². The molecular formula is C32H35NO6. The van der Waals surface area contributed by atoms with Crippen molar-refractivity contribution in [3.63, 3.8) is 0 Å². The number of aliphatic hydroxyl groups excluding tert-OH is 1. The molecular weight excluding hydrogens is 494 g/mol. The fourth-order valence-corrected chi connectivity index (χ4v) is 4.96. The third kappa shape index (κ3) is 5.48. The molecule has 1 heterocycles. The van der Waals surface area contributed by atoms with Gasteiger partial charge in [-0.1, -0.05) is 38.1 Å². The maximum Gasteiger partial charge on any atom is 0.295 e. The number of amides is 1. The number of aliphatic hydroxyl groups is 1. The standard InChI is InChI=1S/C32H35NO6/c1-7-39-24-12-8-21(9-13-24)18-33-29(22-10-14-23(37-5)15-11-22)28(31(35)32(33)36)30(34)26-17-25(19(2)3)27(38-6)16-20(26)4/h8-17,19,29,34H,7,18H2,1-6H3/b30-28+. The number of Topliss-reactive ketones (excluding diaryl/α,β-unsaturated/α-hetero) is 1. The van der Waals surface area contributed by atoms with E-state index in [1.807, 2.05) is 76.2 Å². The highest BCUT2D eigenvalue weighted by Gasteiger charge is 2.46. The van der Waals surface area contributed by atoms with Gasteiger partial charge in [-0.2, -0.15) is 0 Å². The topological polar surface area (TPSA) is 85.3 Å². The lowest BCUT2D eigenvalue weighted by atomic mass is 9.91. The molecule has 1 saturated heterocycles. The highest BCUT2D eigenvalue weighted by molar-refractivity contribution is 6.46. The number of likely N-dealkylation sites (tertiary alicyclic amines) is 1. The molecule has 1 unspecified atom stereocenters. The van der Waals surface area contributed by atoms with Crippen LogP contribution in [0.1, 0.15) is 60.5 Å². The molecule has 0 saturated carbocycles. The van der Waals surface area contributed by atoms with Crippen LogP contribution in [0.15, 0.2) is 66.2 Å². The lowest BCUT2D eigenvalue weighted by molar-refractivity contribution is -0.140. The van der Waals surface area contributed by atoms with Gasteiger partial charge < -0.3 is 24.2 Å². The minimum Gasteiger partial charge on any atom is -0.507 e. The molecule has 1 atom stereocenters. The van der Waals surface area contributed by atoms with Gasteiger partial charge >= 0.3 is 0 Å². The Hall–Kier alpha value is -4.26. The van der Waals surface area contributed by atoms with Crippen LogP contribution < -0.4 is 14.2 Å². The number of hydrogen-bond acceptors (Lipinski definition) is 6. The number of ketones is 1. The third-order valence-electron chi connectivity index (χ3n) is 7.01. The van der Waals surface area contributed by atoms with Crippen molar-refractivity contribution in [2.75, 3.05) is 20.8 Å². The molecule has 0 bridgehead atoms. The van der Waals surface area contributed by atoms with E-state index in [2.05, 4.69) is 0 Å². The van der Waals surface area contributed by atoms with Crippen LogP contribution in [0.2, 0.25) is 0 Å². The summed E-state index contributed by atoms with van der Waals surface area (Å²) in [5.74, 6) is 0.612. The largest absolute Gasteiger partial charge is 0.507 e. The lowest BCUT2D eigenvalue weighted by Gasteiger charge is -2.26. The Morgan fingerprint density at radius 3 is 2.15 bits per heavy atom. The van der Waals surface area contributed by atoms with Gasteiger partial charge in [-0.05, 0) is 78.4 Å². The van der Waals surface area contributed by atoms with Crippen molar-refractivity contribution >= 4 is 17.4 Å². The van der Waals surface area contributed by atoms with Gasteiger partial charge in [0.2, 0.25) is 0 Å². The highest BCUT2D eigenvalue weighted by atomic mass is 16.5. The molecule has 1 amide bonds. The average molecular weight is 530 g/mol. The summed E-state index contributed by atoms with van der Waals surface area (Å²) < 4.78 is 16.4. The molecule has 0 aromatic heterocycles. The minimum absolute atomic E-state index is 0.0547. The first-order valence-corrected chi connectivity index (χ1v) is 13.0. The predicted molar refractivity (Wildman–Crippen MR) is 150 cm³/mol. The van der Waals surface area contributed by atoms with E-state index >= 15 is 0 Å². The number of hydrogen-bond donors (Lipinski definition) is 1. The third-order valence-corrected chi connectivity index (χ3v) is 7.01. The zero-order valence-corrected chi connectivity index (χ0v) is 23.3. The van der Waals surface area contributed by atoms with Crippen molar-refractivity contribution in [2.24, 2.45) is 0 Å². The van der Waals surface area contributed by atoms with Crippen molar-refractivity contribution in [2.45, 2.75) is 46.2 Å². The van der Waals surface area contributed by atoms with E-state index < -0.39 is 17.7 Å². The average Bonchev–Trinajstić information content (AvgIpc) is 3.18. The molecule has 1 fully saturated rings. The molecule has 204 valence electrons. The van der Waals surface area contributed by atoms with E-state index in [0.717, 1.165) is 22.4 Å². The Morgan fingerprint density at radius 2 is 1.59 bits per heavy atom. The second-order valence-corrected chi connectivity index (χ2v) is 9.84. The van der Waals surface area contributed by atoms with Gasteiger partial charge in [0.15, 0.2) is 0 Å². The molecule has 3 aromatic carbocycles. The summed E-state index contributed by atoms with van der Waals surface area (Å²) in [4.78, 5) is 28.5. The van der Waals surface area contributed by atoms with Gasteiger partial charge in [0, 0.05) is 12.1 Å². The lowest BCUT2D eigenvalue weighted by Crippen LogP contribution is -2.29. The fraction of sp³-hybridized carbons (Fsp3) is 0.312. The van der Waals surface area contributed by atoms with Crippen molar-refractivity contribution in [3.8, 4) is 17.2 Å². The number of rotatable bonds is 9. The van der Waals surface area contributed by atoms with Gasteiger partial charge in [-0.15, -0.1) is 0 Å². The molecule has 1 aliphatic rings. The van der Waals surface area contributed by atoms with Gasteiger partial charge in [-0.25, -0.2) is 0 Å². The fourth-order valence-electron chi connectivity index (χ4n) is 4.96. The second-order valence-electron chi connectivity index (χ2n) is 9.84. The Labute approximate surface area is 229 Å². The molecule has 0 spiro atoms. The molecule has 7 nitrogen and oxygen atoms in total. The van der Waals surface area contributed by atoms with Crippen LogP contribution in [-0.4, -0.2) is 42.5 Å².